The summed E-state index contributed by atoms with van der Waals surface area (Å²) in [6.07, 6.45) is -1.60. The van der Waals surface area contributed by atoms with Gasteiger partial charge >= 0.3 is 5.97 Å². The van der Waals surface area contributed by atoms with Crippen molar-refractivity contribution in [1.82, 2.24) is 16.0 Å². The van der Waals surface area contributed by atoms with Crippen molar-refractivity contribution in [2.75, 3.05) is 6.61 Å². The van der Waals surface area contributed by atoms with E-state index in [1.54, 1.807) is 0 Å². The number of primary amides is 3. The molecule has 0 aromatic heterocycles. The molecule has 0 fully saturated rings. The largest absolute Gasteiger partial charge is 0.480 e. The zero-order chi connectivity index (χ0) is 26.4. The number of carbonyl (C=O) groups is 7. The van der Waals surface area contributed by atoms with E-state index in [0.29, 0.717) is 0 Å². The second-order valence-corrected chi connectivity index (χ2v) is 7.33. The second-order valence-electron chi connectivity index (χ2n) is 7.33. The van der Waals surface area contributed by atoms with Crippen molar-refractivity contribution in [3.8, 4) is 0 Å². The molecule has 0 spiro atoms. The SMILES string of the molecule is NC(=O)CCC(N)C(=O)NC(CCC(N)=O)C(=O)NC(CO)C(=O)NC(CCC(N)=O)C(=O)O. The van der Waals surface area contributed by atoms with E-state index in [-0.39, 0.29) is 38.5 Å². The topological polar surface area (TPSA) is 300 Å². The van der Waals surface area contributed by atoms with E-state index in [9.17, 15) is 38.7 Å². The summed E-state index contributed by atoms with van der Waals surface area (Å²) in [5.74, 6) is -6.71. The molecule has 0 heterocycles. The number of carboxylic acids is 1. The number of aliphatic hydroxyl groups excluding tert-OH is 1. The maximum atomic E-state index is 12.6. The first-order valence-corrected chi connectivity index (χ1v) is 10.1. The van der Waals surface area contributed by atoms with Gasteiger partial charge in [0.1, 0.15) is 18.1 Å². The minimum absolute atomic E-state index is 0.116. The number of rotatable bonds is 17. The Morgan fingerprint density at radius 1 is 0.618 bits per heavy atom. The summed E-state index contributed by atoms with van der Waals surface area (Å²) >= 11 is 0. The van der Waals surface area contributed by atoms with Gasteiger partial charge in [0, 0.05) is 19.3 Å². The highest BCUT2D eigenvalue weighted by molar-refractivity contribution is 5.94. The van der Waals surface area contributed by atoms with E-state index in [2.05, 4.69) is 16.0 Å². The van der Waals surface area contributed by atoms with Crippen molar-refractivity contribution in [1.29, 1.82) is 0 Å². The van der Waals surface area contributed by atoms with Gasteiger partial charge in [0.25, 0.3) is 0 Å². The summed E-state index contributed by atoms with van der Waals surface area (Å²) in [4.78, 5) is 81.3. The number of hydrogen-bond donors (Lipinski definition) is 9. The summed E-state index contributed by atoms with van der Waals surface area (Å²) in [5, 5.41) is 25.1. The minimum atomic E-state index is -1.64. The molecule has 4 atom stereocenters. The molecule has 0 radical (unpaired) electrons. The average molecular weight is 489 g/mol. The first kappa shape index (κ1) is 30.2. The van der Waals surface area contributed by atoms with Crippen molar-refractivity contribution in [3.05, 3.63) is 0 Å². The lowest BCUT2D eigenvalue weighted by atomic mass is 10.1. The lowest BCUT2D eigenvalue weighted by molar-refractivity contribution is -0.143. The van der Waals surface area contributed by atoms with Crippen LogP contribution in [0.25, 0.3) is 0 Å². The van der Waals surface area contributed by atoms with Crippen LogP contribution in [0.1, 0.15) is 38.5 Å². The van der Waals surface area contributed by atoms with E-state index < -0.39 is 72.2 Å². The van der Waals surface area contributed by atoms with Crippen LogP contribution >= 0.6 is 0 Å². The Balaban J connectivity index is 5.29. The fourth-order valence-electron chi connectivity index (χ4n) is 2.55. The van der Waals surface area contributed by atoms with Gasteiger partial charge in [-0.2, -0.15) is 0 Å². The predicted molar refractivity (Wildman–Crippen MR) is 114 cm³/mol. The molecule has 192 valence electrons. The highest BCUT2D eigenvalue weighted by atomic mass is 16.4. The van der Waals surface area contributed by atoms with Gasteiger partial charge in [-0.25, -0.2) is 4.79 Å². The zero-order valence-electron chi connectivity index (χ0n) is 18.3. The highest BCUT2D eigenvalue weighted by Gasteiger charge is 2.30. The van der Waals surface area contributed by atoms with Crippen molar-refractivity contribution in [2.24, 2.45) is 22.9 Å². The normalized spacial score (nSPS) is 14.1. The Morgan fingerprint density at radius 2 is 1.00 bits per heavy atom. The van der Waals surface area contributed by atoms with Gasteiger partial charge < -0.3 is 49.1 Å². The summed E-state index contributed by atoms with van der Waals surface area (Å²) in [5.41, 5.74) is 20.7. The Labute approximate surface area is 194 Å². The summed E-state index contributed by atoms with van der Waals surface area (Å²) in [6.45, 7) is -0.950. The number of carboxylic acid groups (broad SMARTS) is 1. The highest BCUT2D eigenvalue weighted by Crippen LogP contribution is 2.03. The fourth-order valence-corrected chi connectivity index (χ4v) is 2.55. The molecule has 0 rings (SSSR count). The number of carbonyl (C=O) groups excluding carboxylic acids is 6. The monoisotopic (exact) mass is 489 g/mol. The van der Waals surface area contributed by atoms with Gasteiger partial charge in [-0.1, -0.05) is 0 Å². The molecule has 34 heavy (non-hydrogen) atoms. The van der Waals surface area contributed by atoms with E-state index in [0.717, 1.165) is 0 Å². The molecule has 0 aliphatic carbocycles. The number of nitrogens with two attached hydrogens (primary N) is 4. The third-order valence-electron chi connectivity index (χ3n) is 4.46. The van der Waals surface area contributed by atoms with Crippen LogP contribution in [-0.2, 0) is 33.6 Å². The number of aliphatic carboxylic acids is 1. The van der Waals surface area contributed by atoms with Crippen molar-refractivity contribution in [3.63, 3.8) is 0 Å². The summed E-state index contributed by atoms with van der Waals surface area (Å²) in [7, 11) is 0. The van der Waals surface area contributed by atoms with Gasteiger partial charge in [-0.15, -0.1) is 0 Å². The zero-order valence-corrected chi connectivity index (χ0v) is 18.3. The van der Waals surface area contributed by atoms with Gasteiger partial charge in [0.2, 0.25) is 35.4 Å². The first-order valence-electron chi connectivity index (χ1n) is 10.1. The van der Waals surface area contributed by atoms with E-state index in [4.69, 9.17) is 28.0 Å². The molecular weight excluding hydrogens is 458 g/mol. The van der Waals surface area contributed by atoms with Crippen LogP contribution in [0.15, 0.2) is 0 Å². The van der Waals surface area contributed by atoms with E-state index >= 15 is 0 Å². The van der Waals surface area contributed by atoms with Crippen LogP contribution < -0.4 is 38.9 Å². The molecule has 4 unspecified atom stereocenters. The van der Waals surface area contributed by atoms with Crippen LogP contribution in [0.2, 0.25) is 0 Å². The van der Waals surface area contributed by atoms with Gasteiger partial charge in [0.15, 0.2) is 0 Å². The predicted octanol–water partition coefficient (Wildman–Crippen LogP) is -5.36. The molecule has 16 heteroatoms. The molecule has 0 aromatic rings. The molecule has 0 saturated carbocycles. The Morgan fingerprint density at radius 3 is 1.44 bits per heavy atom. The smallest absolute Gasteiger partial charge is 0.326 e. The molecule has 13 N–H and O–H groups in total. The van der Waals surface area contributed by atoms with Crippen molar-refractivity contribution in [2.45, 2.75) is 62.7 Å². The molecular formula is C18H31N7O9. The van der Waals surface area contributed by atoms with Crippen molar-refractivity contribution < 1.29 is 43.8 Å². The second kappa shape index (κ2) is 15.1. The Kier molecular flexibility index (Phi) is 13.4. The molecule has 0 aromatic carbocycles. The standard InChI is InChI=1S/C18H31N7O9/c19-8(1-4-12(20)27)15(30)23-9(2-5-13(21)28)16(31)25-11(7-26)17(32)24-10(18(33)34)3-6-14(22)29/h8-11,26H,1-7,19H2,(H2,20,27)(H2,21,28)(H2,22,29)(H,23,30)(H,24,32)(H,25,31)(H,33,34). The van der Waals surface area contributed by atoms with Crippen LogP contribution in [-0.4, -0.2) is 82.4 Å². The molecule has 0 aliphatic heterocycles. The van der Waals surface area contributed by atoms with Crippen molar-refractivity contribution >= 4 is 41.4 Å². The summed E-state index contributed by atoms with van der Waals surface area (Å²) < 4.78 is 0. The molecule has 0 aliphatic rings. The lowest BCUT2D eigenvalue weighted by Gasteiger charge is -2.24. The molecule has 0 bridgehead atoms. The van der Waals surface area contributed by atoms with Crippen LogP contribution in [0, 0.1) is 0 Å². The number of hydrogen-bond acceptors (Lipinski definition) is 9. The van der Waals surface area contributed by atoms with E-state index in [1.165, 1.54) is 0 Å². The number of nitrogens with one attached hydrogen (secondary N) is 3. The Bertz CT molecular complexity index is 790. The van der Waals surface area contributed by atoms with Gasteiger partial charge in [-0.05, 0) is 19.3 Å². The molecule has 6 amide bonds. The van der Waals surface area contributed by atoms with Crippen LogP contribution in [0.3, 0.4) is 0 Å². The lowest BCUT2D eigenvalue weighted by Crippen LogP contribution is -2.58. The fraction of sp³-hybridized carbons (Fsp3) is 0.611. The quantitative estimate of drug-likeness (QED) is 0.0933. The third-order valence-corrected chi connectivity index (χ3v) is 4.46. The molecule has 0 saturated heterocycles. The van der Waals surface area contributed by atoms with Crippen LogP contribution in [0.5, 0.6) is 0 Å². The Hall–Kier alpha value is -3.79. The van der Waals surface area contributed by atoms with Gasteiger partial charge in [-0.3, -0.25) is 28.8 Å². The average Bonchev–Trinajstić information content (AvgIpc) is 2.74. The molecule has 16 nitrogen and oxygen atoms in total. The third kappa shape index (κ3) is 12.3. The van der Waals surface area contributed by atoms with Crippen LogP contribution in [0.4, 0.5) is 0 Å². The maximum Gasteiger partial charge on any atom is 0.326 e. The number of amides is 6. The summed E-state index contributed by atoms with van der Waals surface area (Å²) in [6, 6.07) is -5.79. The maximum absolute atomic E-state index is 12.6. The first-order chi connectivity index (χ1) is 15.8. The minimum Gasteiger partial charge on any atom is -0.480 e. The number of aliphatic hydroxyl groups is 1. The van der Waals surface area contributed by atoms with E-state index in [1.807, 2.05) is 0 Å². The van der Waals surface area contributed by atoms with Gasteiger partial charge in [0.05, 0.1) is 12.6 Å².